The van der Waals surface area contributed by atoms with Gasteiger partial charge in [-0.1, -0.05) is 17.7 Å². The number of para-hydroxylation sites is 1. The van der Waals surface area contributed by atoms with Crippen LogP contribution in [-0.4, -0.2) is 18.6 Å². The second kappa shape index (κ2) is 6.58. The minimum Gasteiger partial charge on any atom is -0.490 e. The van der Waals surface area contributed by atoms with Gasteiger partial charge in [-0.2, -0.15) is 0 Å². The number of nitrogens with one attached hydrogen (secondary N) is 1. The molecule has 20 heavy (non-hydrogen) atoms. The Hall–Kier alpha value is -1.79. The average Bonchev–Trinajstić information content (AvgIpc) is 2.83. The lowest BCUT2D eigenvalue weighted by atomic mass is 10.2. The van der Waals surface area contributed by atoms with Crippen LogP contribution in [-0.2, 0) is 6.42 Å². The maximum Gasteiger partial charge on any atom is 0.333 e. The van der Waals surface area contributed by atoms with Crippen LogP contribution in [0, 0.1) is 10.1 Å². The molecule has 0 unspecified atom stereocenters. The number of halogens is 1. The summed E-state index contributed by atoms with van der Waals surface area (Å²) in [6, 6.07) is 8.75. The lowest BCUT2D eigenvalue weighted by molar-refractivity contribution is -0.384. The molecule has 5 nitrogen and oxygen atoms in total. The first-order chi connectivity index (χ1) is 9.61. The van der Waals surface area contributed by atoms with E-state index in [1.165, 1.54) is 18.4 Å². The van der Waals surface area contributed by atoms with Crippen molar-refractivity contribution in [2.75, 3.05) is 19.0 Å². The second-order valence-electron chi connectivity index (χ2n) is 4.00. The predicted octanol–water partition coefficient (Wildman–Crippen LogP) is 3.97. The fraction of sp³-hybridized carbons (Fsp3) is 0.231. The summed E-state index contributed by atoms with van der Waals surface area (Å²) in [5, 5.41) is 14.2. The first-order valence-electron chi connectivity index (χ1n) is 5.91. The monoisotopic (exact) mass is 312 g/mol. The fourth-order valence-electron chi connectivity index (χ4n) is 1.82. The number of benzene rings is 1. The van der Waals surface area contributed by atoms with E-state index < -0.39 is 4.92 Å². The molecule has 7 heteroatoms. The molecule has 0 atom stereocenters. The number of thiophene rings is 1. The van der Waals surface area contributed by atoms with Crippen LogP contribution < -0.4 is 10.1 Å². The lowest BCUT2D eigenvalue weighted by Gasteiger charge is -2.08. The molecule has 0 aliphatic rings. The minimum absolute atomic E-state index is 0.0424. The molecular weight excluding hydrogens is 300 g/mol. The lowest BCUT2D eigenvalue weighted by Crippen LogP contribution is -2.07. The van der Waals surface area contributed by atoms with Gasteiger partial charge in [0.1, 0.15) is 5.69 Å². The van der Waals surface area contributed by atoms with Gasteiger partial charge < -0.3 is 10.1 Å². The molecule has 0 fully saturated rings. The molecule has 1 aromatic carbocycles. The molecule has 0 radical (unpaired) electrons. The van der Waals surface area contributed by atoms with Gasteiger partial charge in [0, 0.05) is 11.4 Å². The van der Waals surface area contributed by atoms with Crippen molar-refractivity contribution >= 4 is 34.3 Å². The molecule has 2 aromatic rings. The zero-order valence-electron chi connectivity index (χ0n) is 10.8. The Morgan fingerprint density at radius 3 is 2.80 bits per heavy atom. The van der Waals surface area contributed by atoms with Crippen molar-refractivity contribution in [2.45, 2.75) is 6.42 Å². The number of ether oxygens (including phenoxy) is 1. The number of nitrogens with zero attached hydrogens (tertiary/aromatic N) is 1. The maximum absolute atomic E-state index is 11.1. The highest BCUT2D eigenvalue weighted by Crippen LogP contribution is 2.34. The van der Waals surface area contributed by atoms with E-state index >= 15 is 0 Å². The zero-order valence-corrected chi connectivity index (χ0v) is 12.3. The van der Waals surface area contributed by atoms with Gasteiger partial charge in [0.25, 0.3) is 0 Å². The molecule has 1 N–H and O–H groups in total. The SMILES string of the molecule is COc1cccc(NCCc2ccc(Cl)s2)c1[N+](=O)[O-]. The Bertz CT molecular complexity index is 615. The number of nitro groups is 1. The summed E-state index contributed by atoms with van der Waals surface area (Å²) < 4.78 is 5.76. The van der Waals surface area contributed by atoms with E-state index in [9.17, 15) is 10.1 Å². The molecule has 0 aliphatic heterocycles. The van der Waals surface area contributed by atoms with Crippen LogP contribution in [0.3, 0.4) is 0 Å². The summed E-state index contributed by atoms with van der Waals surface area (Å²) in [4.78, 5) is 11.8. The van der Waals surface area contributed by atoms with Gasteiger partial charge in [-0.15, -0.1) is 11.3 Å². The Labute approximate surface area is 125 Å². The summed E-state index contributed by atoms with van der Waals surface area (Å²) in [6.45, 7) is 0.588. The molecule has 0 bridgehead atoms. The van der Waals surface area contributed by atoms with Gasteiger partial charge >= 0.3 is 5.69 Å². The number of hydrogen-bond donors (Lipinski definition) is 1. The molecule has 1 heterocycles. The highest BCUT2D eigenvalue weighted by Gasteiger charge is 2.19. The van der Waals surface area contributed by atoms with Gasteiger partial charge in [-0.05, 0) is 30.7 Å². The molecular formula is C13H13ClN2O3S. The summed E-state index contributed by atoms with van der Waals surface area (Å²) in [5.41, 5.74) is 0.413. The smallest absolute Gasteiger partial charge is 0.333 e. The van der Waals surface area contributed by atoms with E-state index in [4.69, 9.17) is 16.3 Å². The first kappa shape index (κ1) is 14.6. The number of anilines is 1. The normalized spacial score (nSPS) is 10.3. The molecule has 0 aliphatic carbocycles. The maximum atomic E-state index is 11.1. The van der Waals surface area contributed by atoms with Gasteiger partial charge in [0.2, 0.25) is 0 Å². The molecule has 0 saturated heterocycles. The van der Waals surface area contributed by atoms with Crippen LogP contribution in [0.1, 0.15) is 4.88 Å². The van der Waals surface area contributed by atoms with Gasteiger partial charge in [-0.25, -0.2) is 0 Å². The summed E-state index contributed by atoms with van der Waals surface area (Å²) in [5.74, 6) is 0.249. The summed E-state index contributed by atoms with van der Waals surface area (Å²) in [7, 11) is 1.42. The van der Waals surface area contributed by atoms with Crippen molar-refractivity contribution < 1.29 is 9.66 Å². The van der Waals surface area contributed by atoms with Crippen LogP contribution in [0.4, 0.5) is 11.4 Å². The van der Waals surface area contributed by atoms with Gasteiger partial charge in [-0.3, -0.25) is 10.1 Å². The number of hydrogen-bond acceptors (Lipinski definition) is 5. The average molecular weight is 313 g/mol. The summed E-state index contributed by atoms with van der Waals surface area (Å²) in [6.07, 6.45) is 0.756. The Morgan fingerprint density at radius 2 is 2.20 bits per heavy atom. The third-order valence-corrected chi connectivity index (χ3v) is 4.01. The molecule has 1 aromatic heterocycles. The van der Waals surface area contributed by atoms with E-state index in [2.05, 4.69) is 5.32 Å². The van der Waals surface area contributed by atoms with E-state index in [1.54, 1.807) is 18.2 Å². The van der Waals surface area contributed by atoms with Crippen LogP contribution >= 0.6 is 22.9 Å². The fourth-order valence-corrected chi connectivity index (χ4v) is 2.91. The van der Waals surface area contributed by atoms with Gasteiger partial charge in [0.05, 0.1) is 16.4 Å². The van der Waals surface area contributed by atoms with Crippen LogP contribution in [0.15, 0.2) is 30.3 Å². The zero-order chi connectivity index (χ0) is 14.5. The Morgan fingerprint density at radius 1 is 1.40 bits per heavy atom. The largest absolute Gasteiger partial charge is 0.490 e. The summed E-state index contributed by atoms with van der Waals surface area (Å²) >= 11 is 7.36. The first-order valence-corrected chi connectivity index (χ1v) is 7.10. The van der Waals surface area contributed by atoms with E-state index in [0.717, 1.165) is 15.6 Å². The van der Waals surface area contributed by atoms with Crippen LogP contribution in [0.25, 0.3) is 0 Å². The number of nitro benzene ring substituents is 1. The topological polar surface area (TPSA) is 64.4 Å². The minimum atomic E-state index is -0.441. The highest BCUT2D eigenvalue weighted by atomic mass is 35.5. The van der Waals surface area contributed by atoms with Crippen molar-refractivity contribution in [3.05, 3.63) is 49.7 Å². The third kappa shape index (κ3) is 3.40. The van der Waals surface area contributed by atoms with Crippen molar-refractivity contribution in [3.63, 3.8) is 0 Å². The number of rotatable bonds is 6. The van der Waals surface area contributed by atoms with Gasteiger partial charge in [0.15, 0.2) is 5.75 Å². The standard InChI is InChI=1S/C13H13ClN2O3S/c1-19-11-4-2-3-10(13(11)16(17)18)15-8-7-9-5-6-12(14)20-9/h2-6,15H,7-8H2,1H3. The van der Waals surface area contributed by atoms with E-state index in [-0.39, 0.29) is 11.4 Å². The quantitative estimate of drug-likeness (QED) is 0.647. The van der Waals surface area contributed by atoms with Crippen LogP contribution in [0.5, 0.6) is 5.75 Å². The second-order valence-corrected chi connectivity index (χ2v) is 5.80. The van der Waals surface area contributed by atoms with Crippen molar-refractivity contribution in [1.29, 1.82) is 0 Å². The molecule has 0 spiro atoms. The molecule has 2 rings (SSSR count). The molecule has 0 saturated carbocycles. The van der Waals surface area contributed by atoms with Crippen molar-refractivity contribution in [2.24, 2.45) is 0 Å². The van der Waals surface area contributed by atoms with Crippen LogP contribution in [0.2, 0.25) is 4.34 Å². The van der Waals surface area contributed by atoms with E-state index in [0.29, 0.717) is 12.2 Å². The molecule has 106 valence electrons. The van der Waals surface area contributed by atoms with Crippen molar-refractivity contribution in [3.8, 4) is 5.75 Å². The number of methoxy groups -OCH3 is 1. The van der Waals surface area contributed by atoms with E-state index in [1.807, 2.05) is 12.1 Å². The molecule has 0 amide bonds. The third-order valence-electron chi connectivity index (χ3n) is 2.72. The highest BCUT2D eigenvalue weighted by molar-refractivity contribution is 7.16. The predicted molar refractivity (Wildman–Crippen MR) is 81.2 cm³/mol. The Kier molecular flexibility index (Phi) is 4.81. The Balaban J connectivity index is 2.07. The van der Waals surface area contributed by atoms with Crippen molar-refractivity contribution in [1.82, 2.24) is 0 Å².